The lowest BCUT2D eigenvalue weighted by Crippen LogP contribution is -2.35. The fraction of sp³-hybridized carbons (Fsp3) is 0.500. The van der Waals surface area contributed by atoms with Crippen LogP contribution in [0.2, 0.25) is 5.02 Å². The highest BCUT2D eigenvalue weighted by atomic mass is 35.5. The molecule has 1 aliphatic carbocycles. The van der Waals surface area contributed by atoms with E-state index in [4.69, 9.17) is 16.0 Å². The van der Waals surface area contributed by atoms with Gasteiger partial charge in [-0.05, 0) is 25.0 Å². The molecule has 1 aromatic carbocycles. The van der Waals surface area contributed by atoms with Gasteiger partial charge in [0.15, 0.2) is 5.58 Å². The van der Waals surface area contributed by atoms with Crippen LogP contribution in [0, 0.1) is 0 Å². The van der Waals surface area contributed by atoms with Crippen LogP contribution in [0.1, 0.15) is 32.1 Å². The van der Waals surface area contributed by atoms with Gasteiger partial charge in [0.25, 0.3) is 0 Å². The summed E-state index contributed by atoms with van der Waals surface area (Å²) in [5, 5.41) is 4.02. The summed E-state index contributed by atoms with van der Waals surface area (Å²) in [4.78, 5) is 11.8. The molecule has 1 aromatic heterocycles. The predicted molar refractivity (Wildman–Crippen MR) is 75.5 cm³/mol. The molecular formula is C14H17ClN2O2. The smallest absolute Gasteiger partial charge is 0.408 e. The molecule has 3 rings (SSSR count). The highest BCUT2D eigenvalue weighted by molar-refractivity contribution is 6.31. The lowest BCUT2D eigenvalue weighted by Gasteiger charge is -2.22. The van der Waals surface area contributed by atoms with Gasteiger partial charge in [-0.3, -0.25) is 9.88 Å². The number of aromatic nitrogens is 1. The molecule has 0 spiro atoms. The number of nitrogens with one attached hydrogen (secondary N) is 1. The van der Waals surface area contributed by atoms with Crippen LogP contribution in [-0.2, 0) is 6.67 Å². The molecule has 0 unspecified atom stereocenters. The van der Waals surface area contributed by atoms with Gasteiger partial charge in [-0.15, -0.1) is 0 Å². The van der Waals surface area contributed by atoms with Crippen molar-refractivity contribution in [3.63, 3.8) is 0 Å². The van der Waals surface area contributed by atoms with Crippen molar-refractivity contribution in [3.8, 4) is 0 Å². The minimum atomic E-state index is -0.333. The van der Waals surface area contributed by atoms with Gasteiger partial charge in [0.05, 0.1) is 12.2 Å². The molecule has 1 fully saturated rings. The second-order valence-electron chi connectivity index (χ2n) is 5.11. The Morgan fingerprint density at radius 1 is 1.32 bits per heavy atom. The summed E-state index contributed by atoms with van der Waals surface area (Å²) in [5.74, 6) is -0.333. The number of hydrogen-bond donors (Lipinski definition) is 1. The predicted octanol–water partition coefficient (Wildman–Crippen LogP) is 3.13. The maximum Gasteiger partial charge on any atom is 0.421 e. The van der Waals surface area contributed by atoms with E-state index in [0.29, 0.717) is 23.3 Å². The van der Waals surface area contributed by atoms with Crippen molar-refractivity contribution in [3.05, 3.63) is 33.8 Å². The lowest BCUT2D eigenvalue weighted by atomic mass is 9.96. The molecule has 19 heavy (non-hydrogen) atoms. The van der Waals surface area contributed by atoms with Crippen LogP contribution < -0.4 is 11.1 Å². The molecule has 1 N–H and O–H groups in total. The van der Waals surface area contributed by atoms with Gasteiger partial charge in [-0.25, -0.2) is 4.79 Å². The molecular weight excluding hydrogens is 264 g/mol. The lowest BCUT2D eigenvalue weighted by molar-refractivity contribution is 0.342. The summed E-state index contributed by atoms with van der Waals surface area (Å²) < 4.78 is 6.83. The van der Waals surface area contributed by atoms with Crippen LogP contribution in [-0.4, -0.2) is 10.6 Å². The van der Waals surface area contributed by atoms with Gasteiger partial charge in [-0.2, -0.15) is 0 Å². The minimum absolute atomic E-state index is 0.333. The number of benzene rings is 1. The number of halogens is 1. The van der Waals surface area contributed by atoms with E-state index < -0.39 is 0 Å². The SMILES string of the molecule is O=c1oc2cc(Cl)ccc2n1CNC1CCCCC1. The van der Waals surface area contributed by atoms with E-state index in [1.54, 1.807) is 16.7 Å². The summed E-state index contributed by atoms with van der Waals surface area (Å²) in [6.07, 6.45) is 6.25. The molecule has 0 aliphatic heterocycles. The molecule has 1 saturated carbocycles. The van der Waals surface area contributed by atoms with Crippen LogP contribution >= 0.6 is 11.6 Å². The molecule has 5 heteroatoms. The van der Waals surface area contributed by atoms with Crippen molar-refractivity contribution < 1.29 is 4.42 Å². The molecule has 102 valence electrons. The van der Waals surface area contributed by atoms with Crippen molar-refractivity contribution >= 4 is 22.7 Å². The van der Waals surface area contributed by atoms with Crippen molar-refractivity contribution in [2.75, 3.05) is 0 Å². The van der Waals surface area contributed by atoms with Gasteiger partial charge in [0, 0.05) is 17.1 Å². The third-order valence-electron chi connectivity index (χ3n) is 3.77. The molecule has 0 atom stereocenters. The highest BCUT2D eigenvalue weighted by Gasteiger charge is 2.14. The Kier molecular flexibility index (Phi) is 3.62. The van der Waals surface area contributed by atoms with E-state index in [-0.39, 0.29) is 5.76 Å². The van der Waals surface area contributed by atoms with Crippen LogP contribution in [0.15, 0.2) is 27.4 Å². The quantitative estimate of drug-likeness (QED) is 0.940. The van der Waals surface area contributed by atoms with E-state index in [1.165, 1.54) is 32.1 Å². The van der Waals surface area contributed by atoms with Crippen LogP contribution in [0.3, 0.4) is 0 Å². The number of fused-ring (bicyclic) bond motifs is 1. The van der Waals surface area contributed by atoms with E-state index in [1.807, 2.05) is 6.07 Å². The molecule has 0 bridgehead atoms. The molecule has 1 aliphatic rings. The van der Waals surface area contributed by atoms with Gasteiger partial charge in [-0.1, -0.05) is 30.9 Å². The Morgan fingerprint density at radius 3 is 2.89 bits per heavy atom. The highest BCUT2D eigenvalue weighted by Crippen LogP contribution is 2.19. The van der Waals surface area contributed by atoms with E-state index in [2.05, 4.69) is 5.32 Å². The van der Waals surface area contributed by atoms with E-state index >= 15 is 0 Å². The summed E-state index contributed by atoms with van der Waals surface area (Å²) >= 11 is 5.89. The Labute approximate surface area is 116 Å². The minimum Gasteiger partial charge on any atom is -0.408 e. The maximum absolute atomic E-state index is 11.8. The topological polar surface area (TPSA) is 47.2 Å². The molecule has 0 saturated heterocycles. The zero-order valence-electron chi connectivity index (χ0n) is 10.7. The maximum atomic E-state index is 11.8. The largest absolute Gasteiger partial charge is 0.421 e. The fourth-order valence-corrected chi connectivity index (χ4v) is 2.88. The van der Waals surface area contributed by atoms with Gasteiger partial charge < -0.3 is 4.42 Å². The monoisotopic (exact) mass is 280 g/mol. The number of hydrogen-bond acceptors (Lipinski definition) is 3. The average molecular weight is 281 g/mol. The molecule has 0 amide bonds. The van der Waals surface area contributed by atoms with Gasteiger partial charge >= 0.3 is 5.76 Å². The molecule has 0 radical (unpaired) electrons. The molecule has 4 nitrogen and oxygen atoms in total. The zero-order valence-corrected chi connectivity index (χ0v) is 11.4. The zero-order chi connectivity index (χ0) is 13.2. The van der Waals surface area contributed by atoms with Crippen molar-refractivity contribution in [1.29, 1.82) is 0 Å². The van der Waals surface area contributed by atoms with Crippen LogP contribution in [0.5, 0.6) is 0 Å². The Morgan fingerprint density at radius 2 is 2.11 bits per heavy atom. The summed E-state index contributed by atoms with van der Waals surface area (Å²) in [5.41, 5.74) is 1.33. The third kappa shape index (κ3) is 2.69. The first kappa shape index (κ1) is 12.8. The summed E-state index contributed by atoms with van der Waals surface area (Å²) in [6, 6.07) is 5.79. The first-order chi connectivity index (χ1) is 9.24. The first-order valence-electron chi connectivity index (χ1n) is 6.76. The fourth-order valence-electron chi connectivity index (χ4n) is 2.72. The van der Waals surface area contributed by atoms with Crippen molar-refractivity contribution in [2.24, 2.45) is 0 Å². The molecule has 1 heterocycles. The van der Waals surface area contributed by atoms with Crippen LogP contribution in [0.4, 0.5) is 0 Å². The standard InChI is InChI=1S/C14H17ClN2O2/c15-10-6-7-12-13(8-10)19-14(18)17(12)9-16-11-4-2-1-3-5-11/h6-8,11,16H,1-5,9H2. The number of rotatable bonds is 3. The second kappa shape index (κ2) is 5.39. The summed E-state index contributed by atoms with van der Waals surface area (Å²) in [6.45, 7) is 0.498. The van der Waals surface area contributed by atoms with Gasteiger partial charge in [0.2, 0.25) is 0 Å². The average Bonchev–Trinajstić information content (AvgIpc) is 2.72. The number of nitrogens with zero attached hydrogens (tertiary/aromatic N) is 1. The summed E-state index contributed by atoms with van der Waals surface area (Å²) in [7, 11) is 0. The Hall–Kier alpha value is -1.26. The molecule has 2 aromatic rings. The van der Waals surface area contributed by atoms with E-state index in [0.717, 1.165) is 5.52 Å². The van der Waals surface area contributed by atoms with Crippen molar-refractivity contribution in [2.45, 2.75) is 44.8 Å². The number of oxazole rings is 1. The Balaban J connectivity index is 1.80. The first-order valence-corrected chi connectivity index (χ1v) is 7.14. The van der Waals surface area contributed by atoms with Gasteiger partial charge in [0.1, 0.15) is 0 Å². The van der Waals surface area contributed by atoms with Crippen LogP contribution in [0.25, 0.3) is 11.1 Å². The second-order valence-corrected chi connectivity index (χ2v) is 5.54. The Bertz CT molecular complexity index is 626. The third-order valence-corrected chi connectivity index (χ3v) is 4.01. The normalized spacial score (nSPS) is 17.1. The van der Waals surface area contributed by atoms with Crippen molar-refractivity contribution in [1.82, 2.24) is 9.88 Å². The van der Waals surface area contributed by atoms with E-state index in [9.17, 15) is 4.79 Å².